The van der Waals surface area contributed by atoms with Crippen molar-refractivity contribution in [3.8, 4) is 0 Å². The molecule has 1 aliphatic rings. The van der Waals surface area contributed by atoms with Gasteiger partial charge in [-0.2, -0.15) is 17.0 Å². The van der Waals surface area contributed by atoms with Gasteiger partial charge in [0.2, 0.25) is 0 Å². The van der Waals surface area contributed by atoms with E-state index in [9.17, 15) is 8.42 Å². The number of nitrogens with zero attached hydrogens (tertiary/aromatic N) is 3. The van der Waals surface area contributed by atoms with Crippen LogP contribution in [0.15, 0.2) is 24.5 Å². The summed E-state index contributed by atoms with van der Waals surface area (Å²) in [5.41, 5.74) is 1.04. The molecule has 0 radical (unpaired) electrons. The second kappa shape index (κ2) is 7.33. The number of aromatic nitrogens is 1. The topological polar surface area (TPSA) is 53.5 Å². The summed E-state index contributed by atoms with van der Waals surface area (Å²) in [5, 5.41) is 0. The molecule has 118 valence electrons. The van der Waals surface area contributed by atoms with E-state index in [0.29, 0.717) is 19.6 Å². The highest BCUT2D eigenvalue weighted by molar-refractivity contribution is 7.86. The molecule has 1 aromatic heterocycles. The summed E-state index contributed by atoms with van der Waals surface area (Å²) >= 11 is 0. The van der Waals surface area contributed by atoms with Crippen molar-refractivity contribution in [2.45, 2.75) is 45.6 Å². The molecule has 5 nitrogen and oxygen atoms in total. The first-order chi connectivity index (χ1) is 10.1. The van der Waals surface area contributed by atoms with E-state index in [1.807, 2.05) is 26.0 Å². The fraction of sp³-hybridized carbons (Fsp3) is 0.667. The average molecular weight is 311 g/mol. The van der Waals surface area contributed by atoms with E-state index in [-0.39, 0.29) is 6.04 Å². The smallest absolute Gasteiger partial charge is 0.265 e. The SMILES string of the molecule is CCCN(CCC)S(=O)(=O)N1CCC[C@@H]1c1ccncc1. The van der Waals surface area contributed by atoms with Gasteiger partial charge in [0, 0.05) is 32.0 Å². The summed E-state index contributed by atoms with van der Waals surface area (Å²) < 4.78 is 29.2. The maximum absolute atomic E-state index is 12.9. The van der Waals surface area contributed by atoms with Crippen molar-refractivity contribution >= 4 is 10.2 Å². The molecule has 6 heteroatoms. The van der Waals surface area contributed by atoms with E-state index in [4.69, 9.17) is 0 Å². The van der Waals surface area contributed by atoms with Crippen LogP contribution >= 0.6 is 0 Å². The monoisotopic (exact) mass is 311 g/mol. The first kappa shape index (κ1) is 16.4. The number of rotatable bonds is 7. The Kier molecular flexibility index (Phi) is 5.72. The van der Waals surface area contributed by atoms with E-state index >= 15 is 0 Å². The third-order valence-electron chi connectivity index (χ3n) is 3.86. The Morgan fingerprint density at radius 1 is 1.24 bits per heavy atom. The van der Waals surface area contributed by atoms with Gasteiger partial charge in [0.1, 0.15) is 0 Å². The maximum atomic E-state index is 12.9. The fourth-order valence-corrected chi connectivity index (χ4v) is 4.96. The minimum absolute atomic E-state index is 0.0470. The van der Waals surface area contributed by atoms with Crippen LogP contribution < -0.4 is 0 Å². The van der Waals surface area contributed by atoms with Crippen molar-refractivity contribution in [1.82, 2.24) is 13.6 Å². The van der Waals surface area contributed by atoms with Crippen molar-refractivity contribution in [1.29, 1.82) is 0 Å². The van der Waals surface area contributed by atoms with Crippen molar-refractivity contribution < 1.29 is 8.42 Å². The van der Waals surface area contributed by atoms with Gasteiger partial charge >= 0.3 is 0 Å². The highest BCUT2D eigenvalue weighted by atomic mass is 32.2. The Labute approximate surface area is 128 Å². The number of hydrogen-bond donors (Lipinski definition) is 0. The maximum Gasteiger partial charge on any atom is 0.282 e. The van der Waals surface area contributed by atoms with Crippen LogP contribution in [0.4, 0.5) is 0 Å². The van der Waals surface area contributed by atoms with Gasteiger partial charge in [0.15, 0.2) is 0 Å². The van der Waals surface area contributed by atoms with E-state index in [2.05, 4.69) is 4.98 Å². The van der Waals surface area contributed by atoms with E-state index in [1.54, 1.807) is 21.0 Å². The lowest BCUT2D eigenvalue weighted by atomic mass is 10.1. The average Bonchev–Trinajstić information content (AvgIpc) is 2.98. The molecule has 0 bridgehead atoms. The minimum atomic E-state index is -3.38. The molecular weight excluding hydrogens is 286 g/mol. The highest BCUT2D eigenvalue weighted by Gasteiger charge is 2.38. The second-order valence-corrected chi connectivity index (χ2v) is 7.34. The van der Waals surface area contributed by atoms with Gasteiger partial charge in [-0.3, -0.25) is 4.98 Å². The standard InChI is InChI=1S/C15H25N3O2S/c1-3-11-17(12-4-2)21(19,20)18-13-5-6-15(18)14-7-9-16-10-8-14/h7-10,15H,3-6,11-13H2,1-2H3/t15-/m1/s1. The summed E-state index contributed by atoms with van der Waals surface area (Å²) in [6.07, 6.45) is 6.94. The Morgan fingerprint density at radius 3 is 2.43 bits per heavy atom. The molecule has 0 unspecified atom stereocenters. The molecule has 1 aromatic rings. The van der Waals surface area contributed by atoms with Crippen LogP contribution in [0.1, 0.15) is 51.1 Å². The highest BCUT2D eigenvalue weighted by Crippen LogP contribution is 2.35. The molecule has 0 spiro atoms. The summed E-state index contributed by atoms with van der Waals surface area (Å²) in [7, 11) is -3.38. The van der Waals surface area contributed by atoms with Crippen molar-refractivity contribution in [2.75, 3.05) is 19.6 Å². The lowest BCUT2D eigenvalue weighted by Crippen LogP contribution is -2.44. The lowest BCUT2D eigenvalue weighted by molar-refractivity contribution is 0.325. The third kappa shape index (κ3) is 3.62. The molecule has 0 saturated carbocycles. The van der Waals surface area contributed by atoms with Crippen LogP contribution in [0.5, 0.6) is 0 Å². The van der Waals surface area contributed by atoms with Crippen LogP contribution in [0.25, 0.3) is 0 Å². The van der Waals surface area contributed by atoms with Crippen LogP contribution in [-0.2, 0) is 10.2 Å². The quantitative estimate of drug-likeness (QED) is 0.778. The molecular formula is C15H25N3O2S. The molecule has 0 amide bonds. The Morgan fingerprint density at radius 2 is 1.86 bits per heavy atom. The Hall–Kier alpha value is -0.980. The zero-order valence-electron chi connectivity index (χ0n) is 12.9. The van der Waals surface area contributed by atoms with Gasteiger partial charge < -0.3 is 0 Å². The van der Waals surface area contributed by atoms with Crippen molar-refractivity contribution in [3.05, 3.63) is 30.1 Å². The first-order valence-corrected chi connectivity index (χ1v) is 9.17. The third-order valence-corrected chi connectivity index (χ3v) is 5.91. The first-order valence-electron chi connectivity index (χ1n) is 7.78. The van der Waals surface area contributed by atoms with Gasteiger partial charge in [0.05, 0.1) is 6.04 Å². The van der Waals surface area contributed by atoms with Gasteiger partial charge in [-0.25, -0.2) is 0 Å². The predicted molar refractivity (Wildman–Crippen MR) is 84.0 cm³/mol. The molecule has 0 aromatic carbocycles. The van der Waals surface area contributed by atoms with Gasteiger partial charge in [0.25, 0.3) is 10.2 Å². The van der Waals surface area contributed by atoms with E-state index in [1.165, 1.54) is 0 Å². The molecule has 1 fully saturated rings. The number of hydrogen-bond acceptors (Lipinski definition) is 3. The van der Waals surface area contributed by atoms with Gasteiger partial charge in [-0.15, -0.1) is 0 Å². The molecule has 2 heterocycles. The summed E-state index contributed by atoms with van der Waals surface area (Å²) in [5.74, 6) is 0. The summed E-state index contributed by atoms with van der Waals surface area (Å²) in [6.45, 7) is 5.83. The van der Waals surface area contributed by atoms with Crippen LogP contribution in [-0.4, -0.2) is 41.6 Å². The van der Waals surface area contributed by atoms with Crippen molar-refractivity contribution in [2.24, 2.45) is 0 Å². The lowest BCUT2D eigenvalue weighted by Gasteiger charge is -2.30. The van der Waals surface area contributed by atoms with Crippen LogP contribution in [0.2, 0.25) is 0 Å². The van der Waals surface area contributed by atoms with Gasteiger partial charge in [-0.05, 0) is 43.4 Å². The van der Waals surface area contributed by atoms with E-state index < -0.39 is 10.2 Å². The minimum Gasteiger partial charge on any atom is -0.265 e. The Bertz CT molecular complexity index is 527. The van der Waals surface area contributed by atoms with Crippen LogP contribution in [0, 0.1) is 0 Å². The van der Waals surface area contributed by atoms with Gasteiger partial charge in [-0.1, -0.05) is 13.8 Å². The molecule has 21 heavy (non-hydrogen) atoms. The van der Waals surface area contributed by atoms with Crippen molar-refractivity contribution in [3.63, 3.8) is 0 Å². The summed E-state index contributed by atoms with van der Waals surface area (Å²) in [4.78, 5) is 4.02. The normalized spacial score (nSPS) is 20.2. The largest absolute Gasteiger partial charge is 0.282 e. The molecule has 0 aliphatic carbocycles. The molecule has 1 saturated heterocycles. The predicted octanol–water partition coefficient (Wildman–Crippen LogP) is 2.59. The molecule has 1 aliphatic heterocycles. The zero-order valence-corrected chi connectivity index (χ0v) is 13.7. The van der Waals surface area contributed by atoms with Crippen LogP contribution in [0.3, 0.4) is 0 Å². The number of pyridine rings is 1. The summed E-state index contributed by atoms with van der Waals surface area (Å²) in [6, 6.07) is 3.79. The van der Waals surface area contributed by atoms with E-state index in [0.717, 1.165) is 31.2 Å². The molecule has 2 rings (SSSR count). The molecule has 0 N–H and O–H groups in total. The zero-order chi connectivity index (χ0) is 15.3. The second-order valence-electron chi connectivity index (χ2n) is 5.46. The Balaban J connectivity index is 2.25. The molecule has 1 atom stereocenters. The fourth-order valence-electron chi connectivity index (χ4n) is 2.92.